The number of rotatable bonds is 8. The van der Waals surface area contributed by atoms with Crippen molar-refractivity contribution in [3.8, 4) is 5.75 Å². The fourth-order valence-electron chi connectivity index (χ4n) is 6.42. The van der Waals surface area contributed by atoms with Gasteiger partial charge in [-0.1, -0.05) is 12.1 Å². The molecule has 5 nitrogen and oxygen atoms in total. The minimum Gasteiger partial charge on any atom is -0.490 e. The molecule has 4 bridgehead atoms. The summed E-state index contributed by atoms with van der Waals surface area (Å²) in [6, 6.07) is 12.6. The number of hydrogen-bond donors (Lipinski definition) is 3. The van der Waals surface area contributed by atoms with Crippen LogP contribution in [0.4, 0.5) is 10.1 Å². The molecule has 4 aliphatic rings. The standard InChI is InChI=1S/C26H31FN2O3/c27-20-5-7-21(8-6-20)29-25(31)23-3-1-2-4-24(23)32-16-22(30)15-28-26-12-17-9-18(13-26)11-19(10-17)14-26/h1-8,17-19,22,28,30H,9-16H2,(H,29,31). The number of carbonyl (C=O) groups is 1. The van der Waals surface area contributed by atoms with Crippen molar-refractivity contribution in [1.29, 1.82) is 0 Å². The maximum Gasteiger partial charge on any atom is 0.259 e. The summed E-state index contributed by atoms with van der Waals surface area (Å²) in [5, 5.41) is 17.0. The molecule has 0 saturated heterocycles. The molecular weight excluding hydrogens is 407 g/mol. The maximum atomic E-state index is 13.1. The fourth-order valence-corrected chi connectivity index (χ4v) is 6.42. The van der Waals surface area contributed by atoms with Crippen molar-refractivity contribution in [2.24, 2.45) is 17.8 Å². The molecule has 170 valence electrons. The molecule has 32 heavy (non-hydrogen) atoms. The first-order valence-corrected chi connectivity index (χ1v) is 11.7. The van der Waals surface area contributed by atoms with Crippen molar-refractivity contribution in [2.75, 3.05) is 18.5 Å². The van der Waals surface area contributed by atoms with Crippen LogP contribution in [0.25, 0.3) is 0 Å². The van der Waals surface area contributed by atoms with Crippen LogP contribution in [0.1, 0.15) is 48.9 Å². The van der Waals surface area contributed by atoms with Gasteiger partial charge < -0.3 is 20.5 Å². The minimum absolute atomic E-state index is 0.111. The van der Waals surface area contributed by atoms with Gasteiger partial charge in [-0.3, -0.25) is 4.79 Å². The number of hydrogen-bond acceptors (Lipinski definition) is 4. The van der Waals surface area contributed by atoms with Gasteiger partial charge in [0, 0.05) is 17.8 Å². The predicted octanol–water partition coefficient (Wildman–Crippen LogP) is 4.38. The molecule has 3 N–H and O–H groups in total. The van der Waals surface area contributed by atoms with Crippen LogP contribution >= 0.6 is 0 Å². The Labute approximate surface area is 188 Å². The lowest BCUT2D eigenvalue weighted by molar-refractivity contribution is -0.0266. The summed E-state index contributed by atoms with van der Waals surface area (Å²) in [6.45, 7) is 0.607. The topological polar surface area (TPSA) is 70.6 Å². The van der Waals surface area contributed by atoms with Crippen LogP contribution in [0.3, 0.4) is 0 Å². The lowest BCUT2D eigenvalue weighted by atomic mass is 9.53. The van der Waals surface area contributed by atoms with E-state index >= 15 is 0 Å². The van der Waals surface area contributed by atoms with Crippen LogP contribution in [-0.2, 0) is 0 Å². The number of carbonyl (C=O) groups excluding carboxylic acids is 1. The van der Waals surface area contributed by atoms with E-state index in [1.165, 1.54) is 62.8 Å². The quantitative estimate of drug-likeness (QED) is 0.572. The maximum absolute atomic E-state index is 13.1. The Bertz CT molecular complexity index is 927. The molecule has 1 amide bonds. The summed E-state index contributed by atoms with van der Waals surface area (Å²) >= 11 is 0. The first-order chi connectivity index (χ1) is 15.5. The number of halogens is 1. The third-order valence-electron chi connectivity index (χ3n) is 7.42. The number of β-amino-alcohol motifs (C(OH)–C–C–N with tert-alkyl or cyclic N) is 1. The van der Waals surface area contributed by atoms with Crippen LogP contribution in [-0.4, -0.2) is 35.8 Å². The third kappa shape index (κ3) is 4.66. The van der Waals surface area contributed by atoms with Gasteiger partial charge in [-0.25, -0.2) is 4.39 Å². The molecule has 0 aliphatic heterocycles. The van der Waals surface area contributed by atoms with E-state index in [-0.39, 0.29) is 23.9 Å². The Morgan fingerprint density at radius 1 is 1.03 bits per heavy atom. The molecule has 4 saturated carbocycles. The van der Waals surface area contributed by atoms with Crippen molar-refractivity contribution < 1.29 is 19.0 Å². The van der Waals surface area contributed by atoms with Gasteiger partial charge in [-0.15, -0.1) is 0 Å². The molecule has 4 fully saturated rings. The van der Waals surface area contributed by atoms with Crippen molar-refractivity contribution >= 4 is 11.6 Å². The first-order valence-electron chi connectivity index (χ1n) is 11.7. The summed E-state index contributed by atoms with van der Waals surface area (Å²) in [4.78, 5) is 12.7. The zero-order valence-corrected chi connectivity index (χ0v) is 18.2. The lowest BCUT2D eigenvalue weighted by Gasteiger charge is -2.57. The number of para-hydroxylation sites is 1. The Kier molecular flexibility index (Phi) is 5.91. The van der Waals surface area contributed by atoms with E-state index in [1.807, 2.05) is 0 Å². The summed E-state index contributed by atoms with van der Waals surface area (Å²) in [6.07, 6.45) is 7.23. The van der Waals surface area contributed by atoms with E-state index < -0.39 is 6.10 Å². The average Bonchev–Trinajstić information content (AvgIpc) is 2.77. The van der Waals surface area contributed by atoms with E-state index in [2.05, 4.69) is 10.6 Å². The van der Waals surface area contributed by atoms with Crippen molar-refractivity contribution in [3.05, 3.63) is 59.9 Å². The van der Waals surface area contributed by atoms with Gasteiger partial charge in [0.05, 0.1) is 5.56 Å². The van der Waals surface area contributed by atoms with Gasteiger partial charge in [0.2, 0.25) is 0 Å². The summed E-state index contributed by atoms with van der Waals surface area (Å²) in [5.74, 6) is 2.29. The number of amides is 1. The van der Waals surface area contributed by atoms with E-state index in [0.717, 1.165) is 17.8 Å². The molecule has 4 aliphatic carbocycles. The molecule has 0 heterocycles. The highest BCUT2D eigenvalue weighted by Crippen LogP contribution is 2.55. The van der Waals surface area contributed by atoms with Crippen molar-refractivity contribution in [2.45, 2.75) is 50.2 Å². The molecule has 2 aromatic carbocycles. The molecule has 0 spiro atoms. The second-order valence-electron chi connectivity index (χ2n) is 10.0. The number of nitrogens with one attached hydrogen (secondary N) is 2. The number of aliphatic hydroxyl groups excluding tert-OH is 1. The van der Waals surface area contributed by atoms with Gasteiger partial charge >= 0.3 is 0 Å². The minimum atomic E-state index is -0.656. The zero-order valence-electron chi connectivity index (χ0n) is 18.2. The van der Waals surface area contributed by atoms with E-state index in [0.29, 0.717) is 23.5 Å². The van der Waals surface area contributed by atoms with E-state index in [1.54, 1.807) is 24.3 Å². The van der Waals surface area contributed by atoms with E-state index in [9.17, 15) is 14.3 Å². The normalized spacial score (nSPS) is 29.0. The second kappa shape index (κ2) is 8.83. The molecule has 6 heteroatoms. The molecular formula is C26H31FN2O3. The number of ether oxygens (including phenoxy) is 1. The summed E-state index contributed by atoms with van der Waals surface area (Å²) < 4.78 is 18.9. The highest BCUT2D eigenvalue weighted by Gasteiger charge is 2.50. The van der Waals surface area contributed by atoms with Crippen LogP contribution in [0.2, 0.25) is 0 Å². The average molecular weight is 439 g/mol. The largest absolute Gasteiger partial charge is 0.490 e. The van der Waals surface area contributed by atoms with E-state index in [4.69, 9.17) is 4.74 Å². The van der Waals surface area contributed by atoms with Gasteiger partial charge in [0.15, 0.2) is 0 Å². The highest BCUT2D eigenvalue weighted by molar-refractivity contribution is 6.06. The Morgan fingerprint density at radius 3 is 2.31 bits per heavy atom. The molecule has 1 atom stereocenters. The smallest absolute Gasteiger partial charge is 0.259 e. The fraction of sp³-hybridized carbons (Fsp3) is 0.500. The predicted molar refractivity (Wildman–Crippen MR) is 121 cm³/mol. The molecule has 2 aromatic rings. The molecule has 6 rings (SSSR count). The van der Waals surface area contributed by atoms with Crippen LogP contribution in [0.5, 0.6) is 5.75 Å². The second-order valence-corrected chi connectivity index (χ2v) is 10.0. The molecule has 0 aromatic heterocycles. The monoisotopic (exact) mass is 438 g/mol. The van der Waals surface area contributed by atoms with Gasteiger partial charge in [-0.2, -0.15) is 0 Å². The zero-order chi connectivity index (χ0) is 22.1. The highest BCUT2D eigenvalue weighted by atomic mass is 19.1. The molecule has 0 radical (unpaired) electrons. The first kappa shape index (κ1) is 21.4. The van der Waals surface area contributed by atoms with Crippen LogP contribution < -0.4 is 15.4 Å². The van der Waals surface area contributed by atoms with Crippen molar-refractivity contribution in [1.82, 2.24) is 5.32 Å². The van der Waals surface area contributed by atoms with Crippen LogP contribution in [0, 0.1) is 23.6 Å². The Morgan fingerprint density at radius 2 is 1.66 bits per heavy atom. The van der Waals surface area contributed by atoms with Gasteiger partial charge in [0.25, 0.3) is 5.91 Å². The number of aliphatic hydroxyl groups is 1. The van der Waals surface area contributed by atoms with Crippen molar-refractivity contribution in [3.63, 3.8) is 0 Å². The number of benzene rings is 2. The Hall–Kier alpha value is -2.44. The lowest BCUT2D eigenvalue weighted by Crippen LogP contribution is -2.59. The van der Waals surface area contributed by atoms with Gasteiger partial charge in [-0.05, 0) is 92.7 Å². The van der Waals surface area contributed by atoms with Gasteiger partial charge in [0.1, 0.15) is 24.3 Å². The molecule has 1 unspecified atom stereocenters. The Balaban J connectivity index is 1.15. The number of anilines is 1. The summed E-state index contributed by atoms with van der Waals surface area (Å²) in [5.41, 5.74) is 1.08. The SMILES string of the molecule is O=C(Nc1ccc(F)cc1)c1ccccc1OCC(O)CNC12CC3CC(CC(C3)C1)C2. The van der Waals surface area contributed by atoms with Crippen LogP contribution in [0.15, 0.2) is 48.5 Å². The third-order valence-corrected chi connectivity index (χ3v) is 7.42. The summed E-state index contributed by atoms with van der Waals surface area (Å²) in [7, 11) is 0.